The van der Waals surface area contributed by atoms with Crippen LogP contribution in [0.3, 0.4) is 0 Å². The summed E-state index contributed by atoms with van der Waals surface area (Å²) < 4.78 is 0. The lowest BCUT2D eigenvalue weighted by Gasteiger charge is -2.24. The zero-order chi connectivity index (χ0) is 12.7. The highest BCUT2D eigenvalue weighted by atomic mass is 16.4. The van der Waals surface area contributed by atoms with Gasteiger partial charge in [-0.1, -0.05) is 13.8 Å². The van der Waals surface area contributed by atoms with Gasteiger partial charge in [0.15, 0.2) is 0 Å². The van der Waals surface area contributed by atoms with E-state index in [0.29, 0.717) is 6.54 Å². The molecule has 0 aromatic carbocycles. The molecule has 0 saturated carbocycles. The first-order valence-corrected chi connectivity index (χ1v) is 5.60. The smallest absolute Gasteiger partial charge is 0.317 e. The highest BCUT2D eigenvalue weighted by molar-refractivity contribution is 5.74. The number of amides is 2. The van der Waals surface area contributed by atoms with E-state index in [2.05, 4.69) is 5.32 Å². The Kier molecular flexibility index (Phi) is 6.53. The van der Waals surface area contributed by atoms with Crippen molar-refractivity contribution in [2.75, 3.05) is 13.6 Å². The van der Waals surface area contributed by atoms with Crippen LogP contribution in [0.2, 0.25) is 0 Å². The van der Waals surface area contributed by atoms with Crippen LogP contribution in [0.4, 0.5) is 4.79 Å². The van der Waals surface area contributed by atoms with Gasteiger partial charge in [0.05, 0.1) is 0 Å². The Labute approximate surface area is 96.8 Å². The summed E-state index contributed by atoms with van der Waals surface area (Å²) in [6.45, 7) is 6.19. The minimum absolute atomic E-state index is 0.0493. The summed E-state index contributed by atoms with van der Waals surface area (Å²) in [4.78, 5) is 23.7. The molecule has 0 aliphatic heterocycles. The molecule has 0 fully saturated rings. The zero-order valence-corrected chi connectivity index (χ0v) is 10.5. The molecule has 2 atom stereocenters. The van der Waals surface area contributed by atoms with Crippen LogP contribution in [0.15, 0.2) is 0 Å². The number of carbonyl (C=O) groups excluding carboxylic acids is 1. The van der Waals surface area contributed by atoms with Gasteiger partial charge in [0.2, 0.25) is 0 Å². The van der Waals surface area contributed by atoms with Gasteiger partial charge in [0, 0.05) is 26.1 Å². The van der Waals surface area contributed by atoms with E-state index in [1.54, 1.807) is 18.9 Å². The molecular formula is C11H22N2O3. The maximum Gasteiger partial charge on any atom is 0.317 e. The van der Waals surface area contributed by atoms with Crippen LogP contribution < -0.4 is 5.32 Å². The summed E-state index contributed by atoms with van der Waals surface area (Å²) in [5.74, 6) is -0.885. The molecule has 0 aliphatic rings. The molecule has 0 bridgehead atoms. The van der Waals surface area contributed by atoms with Crippen LogP contribution in [0, 0.1) is 5.92 Å². The molecule has 0 aliphatic carbocycles. The molecule has 0 aromatic heterocycles. The molecule has 2 unspecified atom stereocenters. The lowest BCUT2D eigenvalue weighted by Crippen LogP contribution is -2.43. The van der Waals surface area contributed by atoms with Gasteiger partial charge in [-0.15, -0.1) is 0 Å². The van der Waals surface area contributed by atoms with Crippen molar-refractivity contribution >= 4 is 12.0 Å². The van der Waals surface area contributed by atoms with Gasteiger partial charge in [0.25, 0.3) is 0 Å². The van der Waals surface area contributed by atoms with Gasteiger partial charge >= 0.3 is 12.0 Å². The second-order valence-electron chi connectivity index (χ2n) is 4.26. The van der Waals surface area contributed by atoms with Gasteiger partial charge < -0.3 is 15.3 Å². The number of rotatable bonds is 6. The predicted molar refractivity (Wildman–Crippen MR) is 62.3 cm³/mol. The largest absolute Gasteiger partial charge is 0.481 e. The Morgan fingerprint density at radius 2 is 1.94 bits per heavy atom. The Morgan fingerprint density at radius 1 is 1.38 bits per heavy atom. The number of carboxylic acids is 1. The molecule has 94 valence electrons. The van der Waals surface area contributed by atoms with Gasteiger partial charge in [-0.2, -0.15) is 0 Å². The van der Waals surface area contributed by atoms with E-state index in [-0.39, 0.29) is 24.4 Å². The summed E-state index contributed by atoms with van der Waals surface area (Å²) in [6.07, 6.45) is 0.974. The number of aliphatic carboxylic acids is 1. The van der Waals surface area contributed by atoms with Crippen LogP contribution in [0.25, 0.3) is 0 Å². The van der Waals surface area contributed by atoms with Crippen molar-refractivity contribution in [2.45, 2.75) is 39.7 Å². The number of carbonyl (C=O) groups is 2. The monoisotopic (exact) mass is 230 g/mol. The van der Waals surface area contributed by atoms with Gasteiger partial charge in [-0.3, -0.25) is 4.79 Å². The van der Waals surface area contributed by atoms with Crippen molar-refractivity contribution in [1.82, 2.24) is 10.2 Å². The first-order valence-electron chi connectivity index (χ1n) is 5.60. The zero-order valence-electron chi connectivity index (χ0n) is 10.5. The SMILES string of the molecule is CCC(C)N(C)C(=O)NCC(C)CC(=O)O. The highest BCUT2D eigenvalue weighted by Crippen LogP contribution is 2.02. The fourth-order valence-electron chi connectivity index (χ4n) is 1.23. The predicted octanol–water partition coefficient (Wildman–Crippen LogP) is 1.54. The minimum atomic E-state index is -0.836. The molecular weight excluding hydrogens is 208 g/mol. The molecule has 0 saturated heterocycles. The Balaban J connectivity index is 3.92. The molecule has 0 spiro atoms. The van der Waals surface area contributed by atoms with Crippen LogP contribution >= 0.6 is 0 Å². The molecule has 0 heterocycles. The molecule has 0 radical (unpaired) electrons. The van der Waals surface area contributed by atoms with Gasteiger partial charge in [-0.05, 0) is 19.3 Å². The first kappa shape index (κ1) is 14.7. The molecule has 2 amide bonds. The third-order valence-corrected chi connectivity index (χ3v) is 2.70. The van der Waals surface area contributed by atoms with Crippen LogP contribution in [0.1, 0.15) is 33.6 Å². The van der Waals surface area contributed by atoms with E-state index in [1.165, 1.54) is 0 Å². The molecule has 5 nitrogen and oxygen atoms in total. The molecule has 2 N–H and O–H groups in total. The van der Waals surface area contributed by atoms with Crippen molar-refractivity contribution < 1.29 is 14.7 Å². The average Bonchev–Trinajstić information content (AvgIpc) is 2.22. The maximum atomic E-state index is 11.6. The van der Waals surface area contributed by atoms with E-state index in [4.69, 9.17) is 5.11 Å². The number of carboxylic acid groups (broad SMARTS) is 1. The number of hydrogen-bond donors (Lipinski definition) is 2. The summed E-state index contributed by atoms with van der Waals surface area (Å²) in [6, 6.07) is 0.0429. The first-order chi connectivity index (χ1) is 7.38. The van der Waals surface area contributed by atoms with Crippen LogP contribution in [0.5, 0.6) is 0 Å². The van der Waals surface area contributed by atoms with Crippen molar-refractivity contribution in [3.63, 3.8) is 0 Å². The Morgan fingerprint density at radius 3 is 2.38 bits per heavy atom. The van der Waals surface area contributed by atoms with Crippen LogP contribution in [-0.2, 0) is 4.79 Å². The van der Waals surface area contributed by atoms with E-state index < -0.39 is 5.97 Å². The van der Waals surface area contributed by atoms with Crippen LogP contribution in [-0.4, -0.2) is 41.6 Å². The van der Waals surface area contributed by atoms with Crippen molar-refractivity contribution in [3.8, 4) is 0 Å². The fraction of sp³-hybridized carbons (Fsp3) is 0.818. The van der Waals surface area contributed by atoms with Crippen molar-refractivity contribution in [1.29, 1.82) is 0 Å². The van der Waals surface area contributed by atoms with Gasteiger partial charge in [0.1, 0.15) is 0 Å². The summed E-state index contributed by atoms with van der Waals surface area (Å²) in [5, 5.41) is 11.3. The average molecular weight is 230 g/mol. The number of nitrogens with zero attached hydrogens (tertiary/aromatic N) is 1. The van der Waals surface area contributed by atoms with E-state index in [9.17, 15) is 9.59 Å². The van der Waals surface area contributed by atoms with E-state index in [1.807, 2.05) is 13.8 Å². The molecule has 0 rings (SSSR count). The number of nitrogens with one attached hydrogen (secondary N) is 1. The third-order valence-electron chi connectivity index (χ3n) is 2.70. The van der Waals surface area contributed by atoms with Crippen molar-refractivity contribution in [2.24, 2.45) is 5.92 Å². The lowest BCUT2D eigenvalue weighted by molar-refractivity contribution is -0.137. The number of hydrogen-bond acceptors (Lipinski definition) is 2. The summed E-state index contributed by atoms with van der Waals surface area (Å²) >= 11 is 0. The van der Waals surface area contributed by atoms with Gasteiger partial charge in [-0.25, -0.2) is 4.79 Å². The Bertz CT molecular complexity index is 243. The third kappa shape index (κ3) is 5.58. The molecule has 0 aromatic rings. The maximum absolute atomic E-state index is 11.6. The molecule has 16 heavy (non-hydrogen) atoms. The summed E-state index contributed by atoms with van der Waals surface area (Å²) in [7, 11) is 1.74. The standard InChI is InChI=1S/C11H22N2O3/c1-5-9(3)13(4)11(16)12-7-8(2)6-10(14)15/h8-9H,5-7H2,1-4H3,(H,12,16)(H,14,15). The lowest BCUT2D eigenvalue weighted by atomic mass is 10.1. The fourth-order valence-corrected chi connectivity index (χ4v) is 1.23. The normalized spacial score (nSPS) is 14.0. The number of urea groups is 1. The Hall–Kier alpha value is -1.26. The quantitative estimate of drug-likeness (QED) is 0.727. The van der Waals surface area contributed by atoms with Crippen molar-refractivity contribution in [3.05, 3.63) is 0 Å². The second kappa shape index (κ2) is 7.09. The topological polar surface area (TPSA) is 69.6 Å². The summed E-state index contributed by atoms with van der Waals surface area (Å²) in [5.41, 5.74) is 0. The van der Waals surface area contributed by atoms with E-state index in [0.717, 1.165) is 6.42 Å². The molecule has 5 heteroatoms. The van der Waals surface area contributed by atoms with E-state index >= 15 is 0 Å². The minimum Gasteiger partial charge on any atom is -0.481 e. The highest BCUT2D eigenvalue weighted by Gasteiger charge is 2.15. The second-order valence-corrected chi connectivity index (χ2v) is 4.26.